The van der Waals surface area contributed by atoms with Crippen LogP contribution in [0.1, 0.15) is 42.5 Å². The number of carbonyl (C=O) groups excluding carboxylic acids is 1. The maximum absolute atomic E-state index is 12.2. The molecule has 1 aliphatic rings. The zero-order chi connectivity index (χ0) is 14.6. The first-order valence-electron chi connectivity index (χ1n) is 6.95. The lowest BCUT2D eigenvalue weighted by molar-refractivity contribution is 0.0947. The Hall–Kier alpha value is -0.870. The Labute approximate surface area is 129 Å². The van der Waals surface area contributed by atoms with Gasteiger partial charge in [-0.15, -0.1) is 0 Å². The molecular formula is C15H21ClN2OS. The van der Waals surface area contributed by atoms with Gasteiger partial charge in [-0.25, -0.2) is 0 Å². The van der Waals surface area contributed by atoms with Crippen LogP contribution in [0.5, 0.6) is 0 Å². The standard InChI is InChI=1S/C15H21ClN2OS/c1-20-15(7-3-2-4-8-15)10-18-14(19)11-5-6-13(17)12(16)9-11/h5-6,9H,2-4,7-8,10,17H2,1H3,(H,18,19). The molecule has 0 bridgehead atoms. The van der Waals surface area contributed by atoms with Crippen molar-refractivity contribution in [2.75, 3.05) is 18.5 Å². The number of thioether (sulfide) groups is 1. The van der Waals surface area contributed by atoms with Gasteiger partial charge in [-0.1, -0.05) is 30.9 Å². The normalized spacial score (nSPS) is 17.7. The van der Waals surface area contributed by atoms with E-state index < -0.39 is 0 Å². The van der Waals surface area contributed by atoms with E-state index in [0.29, 0.717) is 16.3 Å². The van der Waals surface area contributed by atoms with Crippen LogP contribution >= 0.6 is 23.4 Å². The number of nitrogens with one attached hydrogen (secondary N) is 1. The molecule has 0 saturated heterocycles. The van der Waals surface area contributed by atoms with Crippen LogP contribution in [0.4, 0.5) is 5.69 Å². The third kappa shape index (κ3) is 3.61. The van der Waals surface area contributed by atoms with Crippen molar-refractivity contribution in [3.63, 3.8) is 0 Å². The zero-order valence-corrected chi connectivity index (χ0v) is 13.3. The Bertz CT molecular complexity index is 487. The van der Waals surface area contributed by atoms with Crippen molar-refractivity contribution in [2.45, 2.75) is 36.9 Å². The van der Waals surface area contributed by atoms with Crippen LogP contribution in [0.3, 0.4) is 0 Å². The van der Waals surface area contributed by atoms with E-state index in [-0.39, 0.29) is 10.7 Å². The summed E-state index contributed by atoms with van der Waals surface area (Å²) in [4.78, 5) is 12.2. The van der Waals surface area contributed by atoms with Crippen LogP contribution in [0, 0.1) is 0 Å². The molecule has 0 unspecified atom stereocenters. The molecule has 1 aromatic rings. The number of benzene rings is 1. The van der Waals surface area contributed by atoms with Gasteiger partial charge in [0.2, 0.25) is 0 Å². The zero-order valence-electron chi connectivity index (χ0n) is 11.7. The largest absolute Gasteiger partial charge is 0.398 e. The summed E-state index contributed by atoms with van der Waals surface area (Å²) in [6.07, 6.45) is 8.31. The van der Waals surface area contributed by atoms with E-state index in [0.717, 1.165) is 6.54 Å². The lowest BCUT2D eigenvalue weighted by atomic mass is 9.88. The SMILES string of the molecule is CSC1(CNC(=O)c2ccc(N)c(Cl)c2)CCCCC1. The first-order chi connectivity index (χ1) is 9.56. The number of halogens is 1. The monoisotopic (exact) mass is 312 g/mol. The van der Waals surface area contributed by atoms with Gasteiger partial charge in [0, 0.05) is 16.9 Å². The average Bonchev–Trinajstić information content (AvgIpc) is 2.48. The number of hydrogen-bond donors (Lipinski definition) is 2. The van der Waals surface area contributed by atoms with Crippen LogP contribution in [0.2, 0.25) is 5.02 Å². The topological polar surface area (TPSA) is 55.1 Å². The fraction of sp³-hybridized carbons (Fsp3) is 0.533. The smallest absolute Gasteiger partial charge is 0.251 e. The van der Waals surface area contributed by atoms with Gasteiger partial charge in [-0.2, -0.15) is 11.8 Å². The molecular weight excluding hydrogens is 292 g/mol. The molecule has 3 nitrogen and oxygen atoms in total. The number of nitrogen functional groups attached to an aromatic ring is 1. The lowest BCUT2D eigenvalue weighted by Crippen LogP contribution is -2.41. The van der Waals surface area contributed by atoms with E-state index in [2.05, 4.69) is 11.6 Å². The highest BCUT2D eigenvalue weighted by molar-refractivity contribution is 8.00. The fourth-order valence-electron chi connectivity index (χ4n) is 2.66. The molecule has 1 aliphatic carbocycles. The number of nitrogens with two attached hydrogens (primary N) is 1. The first-order valence-corrected chi connectivity index (χ1v) is 8.55. The quantitative estimate of drug-likeness (QED) is 0.833. The van der Waals surface area contributed by atoms with Crippen molar-refractivity contribution < 1.29 is 4.79 Å². The molecule has 20 heavy (non-hydrogen) atoms. The minimum atomic E-state index is -0.0779. The first kappa shape index (κ1) is 15.5. The Morgan fingerprint density at radius 2 is 2.10 bits per heavy atom. The van der Waals surface area contributed by atoms with Gasteiger partial charge in [-0.05, 0) is 37.3 Å². The van der Waals surface area contributed by atoms with Crippen LogP contribution < -0.4 is 11.1 Å². The van der Waals surface area contributed by atoms with Gasteiger partial charge >= 0.3 is 0 Å². The minimum absolute atomic E-state index is 0.0779. The van der Waals surface area contributed by atoms with Crippen LogP contribution in [0.25, 0.3) is 0 Å². The Morgan fingerprint density at radius 1 is 1.40 bits per heavy atom. The summed E-state index contributed by atoms with van der Waals surface area (Å²) in [6, 6.07) is 5.00. The van der Waals surface area contributed by atoms with Gasteiger partial charge in [0.25, 0.3) is 5.91 Å². The average molecular weight is 313 g/mol. The van der Waals surface area contributed by atoms with Crippen LogP contribution in [-0.2, 0) is 0 Å². The minimum Gasteiger partial charge on any atom is -0.398 e. The molecule has 3 N–H and O–H groups in total. The second kappa shape index (κ2) is 6.72. The molecule has 5 heteroatoms. The van der Waals surface area contributed by atoms with Crippen molar-refractivity contribution in [1.29, 1.82) is 0 Å². The van der Waals surface area contributed by atoms with Gasteiger partial charge < -0.3 is 11.1 Å². The second-order valence-electron chi connectivity index (χ2n) is 5.37. The van der Waals surface area contributed by atoms with E-state index in [1.54, 1.807) is 18.2 Å². The van der Waals surface area contributed by atoms with Gasteiger partial charge in [0.05, 0.1) is 10.7 Å². The number of carbonyl (C=O) groups is 1. The van der Waals surface area contributed by atoms with Crippen LogP contribution in [-0.4, -0.2) is 23.5 Å². The van der Waals surface area contributed by atoms with E-state index in [4.69, 9.17) is 17.3 Å². The second-order valence-corrected chi connectivity index (χ2v) is 7.05. The summed E-state index contributed by atoms with van der Waals surface area (Å²) >= 11 is 7.83. The predicted octanol–water partition coefficient (Wildman–Crippen LogP) is 3.72. The molecule has 0 radical (unpaired) electrons. The molecule has 0 aromatic heterocycles. The fourth-order valence-corrected chi connectivity index (χ4v) is 3.75. The number of anilines is 1. The van der Waals surface area contributed by atoms with Crippen LogP contribution in [0.15, 0.2) is 18.2 Å². The third-order valence-electron chi connectivity index (χ3n) is 4.03. The maximum atomic E-state index is 12.2. The summed E-state index contributed by atoms with van der Waals surface area (Å²) in [5.74, 6) is -0.0779. The number of hydrogen-bond acceptors (Lipinski definition) is 3. The van der Waals surface area contributed by atoms with Crippen molar-refractivity contribution in [3.05, 3.63) is 28.8 Å². The van der Waals surface area contributed by atoms with E-state index in [9.17, 15) is 4.79 Å². The predicted molar refractivity (Wildman–Crippen MR) is 87.5 cm³/mol. The Kier molecular flexibility index (Phi) is 5.22. The highest BCUT2D eigenvalue weighted by Gasteiger charge is 2.31. The molecule has 1 aromatic carbocycles. The highest BCUT2D eigenvalue weighted by atomic mass is 35.5. The maximum Gasteiger partial charge on any atom is 0.251 e. The van der Waals surface area contributed by atoms with Crippen molar-refractivity contribution in [3.8, 4) is 0 Å². The van der Waals surface area contributed by atoms with Crippen molar-refractivity contribution in [1.82, 2.24) is 5.32 Å². The molecule has 1 amide bonds. The summed E-state index contributed by atoms with van der Waals surface area (Å²) < 4.78 is 0.200. The molecule has 0 aliphatic heterocycles. The third-order valence-corrected chi connectivity index (χ3v) is 5.78. The molecule has 1 fully saturated rings. The molecule has 0 spiro atoms. The van der Waals surface area contributed by atoms with E-state index in [1.807, 2.05) is 11.8 Å². The van der Waals surface area contributed by atoms with Crippen molar-refractivity contribution >= 4 is 35.0 Å². The van der Waals surface area contributed by atoms with Gasteiger partial charge in [0.1, 0.15) is 0 Å². The summed E-state index contributed by atoms with van der Waals surface area (Å²) in [7, 11) is 0. The Balaban J connectivity index is 1.98. The molecule has 0 atom stereocenters. The molecule has 0 heterocycles. The van der Waals surface area contributed by atoms with Crippen molar-refractivity contribution in [2.24, 2.45) is 0 Å². The number of rotatable bonds is 4. The lowest BCUT2D eigenvalue weighted by Gasteiger charge is -2.35. The summed E-state index contributed by atoms with van der Waals surface area (Å²) in [5.41, 5.74) is 6.72. The number of amides is 1. The summed E-state index contributed by atoms with van der Waals surface area (Å²) in [6.45, 7) is 0.717. The molecule has 1 saturated carbocycles. The van der Waals surface area contributed by atoms with Gasteiger partial charge in [0.15, 0.2) is 0 Å². The Morgan fingerprint density at radius 3 is 2.70 bits per heavy atom. The molecule has 110 valence electrons. The van der Waals surface area contributed by atoms with E-state index >= 15 is 0 Å². The highest BCUT2D eigenvalue weighted by Crippen LogP contribution is 2.38. The molecule has 2 rings (SSSR count). The van der Waals surface area contributed by atoms with E-state index in [1.165, 1.54) is 32.1 Å². The van der Waals surface area contributed by atoms with Gasteiger partial charge in [-0.3, -0.25) is 4.79 Å². The summed E-state index contributed by atoms with van der Waals surface area (Å²) in [5, 5.41) is 3.47.